The molecule has 1 N–H and O–H groups in total. The summed E-state index contributed by atoms with van der Waals surface area (Å²) in [6, 6.07) is 7.83. The number of aliphatic carboxylic acids is 1. The number of carboxylic acid groups (broad SMARTS) is 1. The number of para-hydroxylation sites is 1. The van der Waals surface area contributed by atoms with E-state index in [9.17, 15) is 9.59 Å². The number of hydrogen-bond acceptors (Lipinski definition) is 3. The zero-order valence-electron chi connectivity index (χ0n) is 13.8. The molecule has 0 aliphatic carbocycles. The van der Waals surface area contributed by atoms with Crippen molar-refractivity contribution in [3.05, 3.63) is 29.8 Å². The number of hydrogen-bond donors (Lipinski definition) is 1. The molecule has 1 heterocycles. The number of carboxylic acids is 1. The minimum Gasteiger partial charge on any atom is -0.496 e. The van der Waals surface area contributed by atoms with Crippen LogP contribution in [0, 0.1) is 11.8 Å². The third-order valence-electron chi connectivity index (χ3n) is 4.41. The van der Waals surface area contributed by atoms with Gasteiger partial charge in [-0.1, -0.05) is 25.1 Å². The Balaban J connectivity index is 1.90. The predicted octanol–water partition coefficient (Wildman–Crippen LogP) is 2.59. The molecule has 0 aromatic heterocycles. The Morgan fingerprint density at radius 3 is 2.83 bits per heavy atom. The molecular formula is C18H25NO4. The zero-order valence-corrected chi connectivity index (χ0v) is 13.8. The van der Waals surface area contributed by atoms with E-state index in [1.807, 2.05) is 31.2 Å². The second-order valence-electron chi connectivity index (χ2n) is 6.34. The second kappa shape index (κ2) is 7.99. The van der Waals surface area contributed by atoms with Crippen LogP contribution in [-0.4, -0.2) is 42.1 Å². The summed E-state index contributed by atoms with van der Waals surface area (Å²) < 4.78 is 5.35. The third kappa shape index (κ3) is 4.71. The number of nitrogens with zero attached hydrogens (tertiary/aromatic N) is 1. The van der Waals surface area contributed by atoms with Crippen LogP contribution < -0.4 is 4.74 Å². The van der Waals surface area contributed by atoms with Crippen molar-refractivity contribution in [1.82, 2.24) is 4.90 Å². The normalized spacial score (nSPS) is 19.2. The Morgan fingerprint density at radius 1 is 1.39 bits per heavy atom. The summed E-state index contributed by atoms with van der Waals surface area (Å²) in [4.78, 5) is 25.2. The van der Waals surface area contributed by atoms with Crippen LogP contribution >= 0.6 is 0 Å². The quantitative estimate of drug-likeness (QED) is 0.875. The van der Waals surface area contributed by atoms with Crippen molar-refractivity contribution >= 4 is 11.9 Å². The molecule has 1 aliphatic rings. The number of ether oxygens (including phenoxy) is 1. The number of carbonyl (C=O) groups excluding carboxylic acids is 1. The molecule has 2 rings (SSSR count). The molecule has 1 aliphatic heterocycles. The van der Waals surface area contributed by atoms with Crippen molar-refractivity contribution < 1.29 is 19.4 Å². The minimum absolute atomic E-state index is 0.0540. The standard InChI is InChI=1S/C18H25NO4/c1-13(10-14-6-3-4-8-16(14)23-2)11-17(20)19-9-5-7-15(12-19)18(21)22/h3-4,6,8,13,15H,5,7,9-12H2,1-2H3,(H,21,22). The SMILES string of the molecule is COc1ccccc1CC(C)CC(=O)N1CCCC(C(=O)O)C1. The van der Waals surface area contributed by atoms with E-state index < -0.39 is 11.9 Å². The van der Waals surface area contributed by atoms with Crippen molar-refractivity contribution in [3.8, 4) is 5.75 Å². The van der Waals surface area contributed by atoms with Crippen molar-refractivity contribution in [3.63, 3.8) is 0 Å². The number of piperidine rings is 1. The molecule has 126 valence electrons. The van der Waals surface area contributed by atoms with Gasteiger partial charge in [0.05, 0.1) is 13.0 Å². The lowest BCUT2D eigenvalue weighted by Crippen LogP contribution is -2.42. The number of carbonyl (C=O) groups is 2. The molecule has 0 bridgehead atoms. The number of likely N-dealkylation sites (tertiary alicyclic amines) is 1. The van der Waals surface area contributed by atoms with Gasteiger partial charge in [-0.25, -0.2) is 0 Å². The maximum Gasteiger partial charge on any atom is 0.308 e. The van der Waals surface area contributed by atoms with E-state index in [2.05, 4.69) is 0 Å². The smallest absolute Gasteiger partial charge is 0.308 e. The van der Waals surface area contributed by atoms with Crippen LogP contribution in [0.15, 0.2) is 24.3 Å². The van der Waals surface area contributed by atoms with E-state index in [4.69, 9.17) is 9.84 Å². The van der Waals surface area contributed by atoms with Gasteiger partial charge >= 0.3 is 5.97 Å². The van der Waals surface area contributed by atoms with Gasteiger partial charge in [0.1, 0.15) is 5.75 Å². The first-order chi connectivity index (χ1) is 11.0. The van der Waals surface area contributed by atoms with Gasteiger partial charge < -0.3 is 14.7 Å². The van der Waals surface area contributed by atoms with Crippen LogP contribution in [0.3, 0.4) is 0 Å². The van der Waals surface area contributed by atoms with Crippen LogP contribution in [-0.2, 0) is 16.0 Å². The molecule has 5 nitrogen and oxygen atoms in total. The van der Waals surface area contributed by atoms with Crippen molar-refractivity contribution in [1.29, 1.82) is 0 Å². The fraction of sp³-hybridized carbons (Fsp3) is 0.556. The summed E-state index contributed by atoms with van der Waals surface area (Å²) in [5.41, 5.74) is 1.09. The van der Waals surface area contributed by atoms with Crippen LogP contribution in [0.4, 0.5) is 0 Å². The number of rotatable bonds is 6. The third-order valence-corrected chi connectivity index (χ3v) is 4.41. The van der Waals surface area contributed by atoms with E-state index in [0.29, 0.717) is 25.9 Å². The first-order valence-electron chi connectivity index (χ1n) is 8.13. The Morgan fingerprint density at radius 2 is 2.13 bits per heavy atom. The van der Waals surface area contributed by atoms with Crippen molar-refractivity contribution in [2.75, 3.05) is 20.2 Å². The molecule has 5 heteroatoms. The molecule has 1 amide bonds. The molecule has 1 fully saturated rings. The van der Waals surface area contributed by atoms with Gasteiger partial charge in [0.15, 0.2) is 0 Å². The summed E-state index contributed by atoms with van der Waals surface area (Å²) in [5.74, 6) is -0.139. The number of methoxy groups -OCH3 is 1. The molecule has 0 spiro atoms. The highest BCUT2D eigenvalue weighted by Gasteiger charge is 2.28. The van der Waals surface area contributed by atoms with Gasteiger partial charge in [0.25, 0.3) is 0 Å². The highest BCUT2D eigenvalue weighted by Crippen LogP contribution is 2.23. The second-order valence-corrected chi connectivity index (χ2v) is 6.34. The maximum atomic E-state index is 12.4. The summed E-state index contributed by atoms with van der Waals surface area (Å²) in [5, 5.41) is 9.12. The summed E-state index contributed by atoms with van der Waals surface area (Å²) in [6.07, 6.45) is 2.63. The maximum absolute atomic E-state index is 12.4. The Bertz CT molecular complexity index is 558. The molecule has 1 aromatic carbocycles. The Kier molecular flexibility index (Phi) is 6.02. The average molecular weight is 319 g/mol. The van der Waals surface area contributed by atoms with Gasteiger partial charge in [0.2, 0.25) is 5.91 Å². The molecule has 1 aromatic rings. The van der Waals surface area contributed by atoms with Crippen molar-refractivity contribution in [2.24, 2.45) is 11.8 Å². The van der Waals surface area contributed by atoms with E-state index in [1.54, 1.807) is 12.0 Å². The lowest BCUT2D eigenvalue weighted by Gasteiger charge is -2.31. The van der Waals surface area contributed by atoms with Gasteiger partial charge in [-0.3, -0.25) is 9.59 Å². The fourth-order valence-electron chi connectivity index (χ4n) is 3.15. The summed E-state index contributed by atoms with van der Waals surface area (Å²) in [7, 11) is 1.65. The Hall–Kier alpha value is -2.04. The number of amides is 1. The lowest BCUT2D eigenvalue weighted by atomic mass is 9.94. The molecular weight excluding hydrogens is 294 g/mol. The predicted molar refractivity (Wildman–Crippen MR) is 87.4 cm³/mol. The largest absolute Gasteiger partial charge is 0.496 e. The first-order valence-corrected chi connectivity index (χ1v) is 8.13. The highest BCUT2D eigenvalue weighted by atomic mass is 16.5. The van der Waals surface area contributed by atoms with Gasteiger partial charge in [0, 0.05) is 19.5 Å². The molecule has 23 heavy (non-hydrogen) atoms. The van der Waals surface area contributed by atoms with Gasteiger partial charge in [-0.05, 0) is 36.8 Å². The van der Waals surface area contributed by atoms with Crippen LogP contribution in [0.2, 0.25) is 0 Å². The summed E-state index contributed by atoms with van der Waals surface area (Å²) >= 11 is 0. The summed E-state index contributed by atoms with van der Waals surface area (Å²) in [6.45, 7) is 3.06. The van der Waals surface area contributed by atoms with Gasteiger partial charge in [-0.15, -0.1) is 0 Å². The van der Waals surface area contributed by atoms with Gasteiger partial charge in [-0.2, -0.15) is 0 Å². The average Bonchev–Trinajstić information content (AvgIpc) is 2.55. The van der Waals surface area contributed by atoms with Crippen LogP contribution in [0.25, 0.3) is 0 Å². The lowest BCUT2D eigenvalue weighted by molar-refractivity contribution is -0.145. The molecule has 0 radical (unpaired) electrons. The topological polar surface area (TPSA) is 66.8 Å². The molecule has 2 atom stereocenters. The first kappa shape index (κ1) is 17.3. The van der Waals surface area contributed by atoms with Crippen LogP contribution in [0.5, 0.6) is 5.75 Å². The van der Waals surface area contributed by atoms with Crippen molar-refractivity contribution in [2.45, 2.75) is 32.6 Å². The number of benzene rings is 1. The Labute approximate surface area is 137 Å². The molecule has 2 unspecified atom stereocenters. The monoisotopic (exact) mass is 319 g/mol. The highest BCUT2D eigenvalue weighted by molar-refractivity contribution is 5.78. The van der Waals surface area contributed by atoms with Crippen LogP contribution in [0.1, 0.15) is 31.7 Å². The van der Waals surface area contributed by atoms with E-state index >= 15 is 0 Å². The zero-order chi connectivity index (χ0) is 16.8. The fourth-order valence-corrected chi connectivity index (χ4v) is 3.15. The molecule has 1 saturated heterocycles. The minimum atomic E-state index is -0.801. The van der Waals surface area contributed by atoms with E-state index in [0.717, 1.165) is 24.2 Å². The van der Waals surface area contributed by atoms with E-state index in [1.165, 1.54) is 0 Å². The molecule has 0 saturated carbocycles. The van der Waals surface area contributed by atoms with E-state index in [-0.39, 0.29) is 11.8 Å².